The molecule has 0 bridgehead atoms. The maximum absolute atomic E-state index is 5.65. The van der Waals surface area contributed by atoms with Crippen molar-refractivity contribution in [2.45, 2.75) is 45.4 Å². The van der Waals surface area contributed by atoms with Crippen LogP contribution in [0.5, 0.6) is 0 Å². The first-order valence-corrected chi connectivity index (χ1v) is 7.90. The normalized spacial score (nSPS) is 14.8. The minimum Gasteiger partial charge on any atom is -0.468 e. The van der Waals surface area contributed by atoms with Crippen LogP contribution in [0.4, 0.5) is 0 Å². The molecule has 1 aromatic heterocycles. The Morgan fingerprint density at radius 3 is 2.67 bits per heavy atom. The van der Waals surface area contributed by atoms with Gasteiger partial charge in [0.05, 0.1) is 12.8 Å². The summed E-state index contributed by atoms with van der Waals surface area (Å²) in [7, 11) is 0. The predicted octanol–water partition coefficient (Wildman–Crippen LogP) is 3.55. The fourth-order valence-corrected chi connectivity index (χ4v) is 2.55. The lowest BCUT2D eigenvalue weighted by atomic mass is 10.2. The van der Waals surface area contributed by atoms with E-state index in [9.17, 15) is 0 Å². The Kier molecular flexibility index (Phi) is 4.73. The van der Waals surface area contributed by atoms with E-state index in [2.05, 4.69) is 53.5 Å². The molecule has 0 unspecified atom stereocenters. The molecule has 3 nitrogen and oxygen atoms in total. The van der Waals surface area contributed by atoms with Crippen LogP contribution in [0.1, 0.15) is 36.7 Å². The first-order chi connectivity index (χ1) is 10.3. The third-order valence-electron chi connectivity index (χ3n) is 4.06. The highest BCUT2D eigenvalue weighted by molar-refractivity contribution is 5.18. The van der Waals surface area contributed by atoms with Crippen LogP contribution in [0, 0.1) is 0 Å². The van der Waals surface area contributed by atoms with Crippen LogP contribution in [0.25, 0.3) is 0 Å². The van der Waals surface area contributed by atoms with Crippen molar-refractivity contribution in [2.24, 2.45) is 0 Å². The van der Waals surface area contributed by atoms with Gasteiger partial charge in [-0.1, -0.05) is 37.3 Å². The molecule has 0 amide bonds. The summed E-state index contributed by atoms with van der Waals surface area (Å²) in [5, 5.41) is 3.53. The lowest BCUT2D eigenvalue weighted by Gasteiger charge is -2.20. The van der Waals surface area contributed by atoms with Gasteiger partial charge >= 0.3 is 0 Å². The number of nitrogens with zero attached hydrogens (tertiary/aromatic N) is 1. The Hall–Kier alpha value is -1.58. The largest absolute Gasteiger partial charge is 0.468 e. The lowest BCUT2D eigenvalue weighted by molar-refractivity contribution is 0.268. The Balaban J connectivity index is 1.59. The number of hydrogen-bond donors (Lipinski definition) is 1. The maximum atomic E-state index is 5.65. The molecule has 21 heavy (non-hydrogen) atoms. The van der Waals surface area contributed by atoms with E-state index in [1.165, 1.54) is 24.0 Å². The van der Waals surface area contributed by atoms with Crippen molar-refractivity contribution in [2.75, 3.05) is 6.54 Å². The van der Waals surface area contributed by atoms with Crippen molar-refractivity contribution in [1.29, 1.82) is 0 Å². The minimum absolute atomic E-state index is 0.717. The van der Waals surface area contributed by atoms with Gasteiger partial charge in [0, 0.05) is 24.7 Å². The lowest BCUT2D eigenvalue weighted by Crippen LogP contribution is -2.23. The molecule has 0 radical (unpaired) electrons. The summed E-state index contributed by atoms with van der Waals surface area (Å²) >= 11 is 0. The van der Waals surface area contributed by atoms with E-state index in [1.54, 1.807) is 0 Å². The fourth-order valence-electron chi connectivity index (χ4n) is 2.55. The van der Waals surface area contributed by atoms with Crippen molar-refractivity contribution in [1.82, 2.24) is 10.2 Å². The third kappa shape index (κ3) is 4.19. The van der Waals surface area contributed by atoms with Crippen LogP contribution in [0.2, 0.25) is 0 Å². The second-order valence-corrected chi connectivity index (χ2v) is 5.81. The average Bonchev–Trinajstić information content (AvgIpc) is 3.25. The molecule has 1 heterocycles. The summed E-state index contributed by atoms with van der Waals surface area (Å²) in [6.45, 7) is 6.04. The molecule has 0 saturated heterocycles. The van der Waals surface area contributed by atoms with E-state index in [4.69, 9.17) is 4.42 Å². The van der Waals surface area contributed by atoms with Gasteiger partial charge in [0.25, 0.3) is 0 Å². The zero-order chi connectivity index (χ0) is 14.5. The van der Waals surface area contributed by atoms with Crippen LogP contribution >= 0.6 is 0 Å². The molecule has 0 atom stereocenters. The molecule has 1 aliphatic carbocycles. The summed E-state index contributed by atoms with van der Waals surface area (Å²) in [6.07, 6.45) is 4.44. The standard InChI is InChI=1S/C18H24N2O/c1-2-20(13-15-6-4-3-5-7-15)14-16-10-11-21-18(16)12-19-17-8-9-17/h3-7,10-11,17,19H,2,8-9,12-14H2,1H3. The van der Waals surface area contributed by atoms with Gasteiger partial charge in [-0.2, -0.15) is 0 Å². The quantitative estimate of drug-likeness (QED) is 0.803. The Bertz CT molecular complexity index is 545. The van der Waals surface area contributed by atoms with Crippen LogP contribution in [0.15, 0.2) is 47.1 Å². The number of nitrogens with one attached hydrogen (secondary N) is 1. The van der Waals surface area contributed by atoms with E-state index < -0.39 is 0 Å². The Labute approximate surface area is 127 Å². The molecule has 3 heteroatoms. The number of rotatable bonds is 8. The summed E-state index contributed by atoms with van der Waals surface area (Å²) in [4.78, 5) is 2.45. The van der Waals surface area contributed by atoms with Gasteiger partial charge < -0.3 is 9.73 Å². The smallest absolute Gasteiger partial charge is 0.122 e. The van der Waals surface area contributed by atoms with Crippen molar-refractivity contribution in [3.05, 3.63) is 59.5 Å². The van der Waals surface area contributed by atoms with Crippen molar-refractivity contribution in [3.8, 4) is 0 Å². The molecule has 2 aromatic rings. The van der Waals surface area contributed by atoms with E-state index >= 15 is 0 Å². The Morgan fingerprint density at radius 2 is 1.95 bits per heavy atom. The maximum Gasteiger partial charge on any atom is 0.122 e. The van der Waals surface area contributed by atoms with Crippen molar-refractivity contribution in [3.63, 3.8) is 0 Å². The molecule has 3 rings (SSSR count). The zero-order valence-electron chi connectivity index (χ0n) is 12.7. The van der Waals surface area contributed by atoms with E-state index in [0.717, 1.165) is 38.0 Å². The summed E-state index contributed by atoms with van der Waals surface area (Å²) < 4.78 is 5.65. The first-order valence-electron chi connectivity index (χ1n) is 7.90. The second-order valence-electron chi connectivity index (χ2n) is 5.81. The average molecular weight is 284 g/mol. The molecule has 1 aliphatic rings. The molecule has 0 aliphatic heterocycles. The number of benzene rings is 1. The van der Waals surface area contributed by atoms with Gasteiger partial charge in [0.1, 0.15) is 5.76 Å². The molecular weight excluding hydrogens is 260 g/mol. The number of furan rings is 1. The number of hydrogen-bond acceptors (Lipinski definition) is 3. The van der Waals surface area contributed by atoms with E-state index in [-0.39, 0.29) is 0 Å². The SMILES string of the molecule is CCN(Cc1ccccc1)Cc1ccoc1CNC1CC1. The van der Waals surface area contributed by atoms with Crippen LogP contribution in [0.3, 0.4) is 0 Å². The van der Waals surface area contributed by atoms with Gasteiger partial charge in [-0.15, -0.1) is 0 Å². The monoisotopic (exact) mass is 284 g/mol. The predicted molar refractivity (Wildman–Crippen MR) is 84.8 cm³/mol. The van der Waals surface area contributed by atoms with Crippen molar-refractivity contribution >= 4 is 0 Å². The third-order valence-corrected chi connectivity index (χ3v) is 4.06. The van der Waals surface area contributed by atoms with E-state index in [0.29, 0.717) is 0 Å². The zero-order valence-corrected chi connectivity index (χ0v) is 12.7. The highest BCUT2D eigenvalue weighted by Crippen LogP contribution is 2.21. The van der Waals surface area contributed by atoms with Crippen LogP contribution < -0.4 is 5.32 Å². The van der Waals surface area contributed by atoms with Gasteiger partial charge in [-0.05, 0) is 31.0 Å². The second kappa shape index (κ2) is 6.92. The minimum atomic E-state index is 0.717. The molecule has 112 valence electrons. The summed E-state index contributed by atoms with van der Waals surface area (Å²) in [6, 6.07) is 13.5. The van der Waals surface area contributed by atoms with Crippen molar-refractivity contribution < 1.29 is 4.42 Å². The summed E-state index contributed by atoms with van der Waals surface area (Å²) in [5.41, 5.74) is 2.67. The molecule has 1 saturated carbocycles. The molecule has 1 fully saturated rings. The highest BCUT2D eigenvalue weighted by atomic mass is 16.3. The molecule has 1 N–H and O–H groups in total. The van der Waals surface area contributed by atoms with Crippen LogP contribution in [-0.2, 0) is 19.6 Å². The van der Waals surface area contributed by atoms with Gasteiger partial charge in [0.15, 0.2) is 0 Å². The summed E-state index contributed by atoms with van der Waals surface area (Å²) in [5.74, 6) is 1.09. The van der Waals surface area contributed by atoms with Gasteiger partial charge in [-0.25, -0.2) is 0 Å². The van der Waals surface area contributed by atoms with Gasteiger partial charge in [-0.3, -0.25) is 4.90 Å². The van der Waals surface area contributed by atoms with E-state index in [1.807, 2.05) is 6.26 Å². The molecular formula is C18H24N2O. The van der Waals surface area contributed by atoms with Crippen LogP contribution in [-0.4, -0.2) is 17.5 Å². The Morgan fingerprint density at radius 1 is 1.14 bits per heavy atom. The highest BCUT2D eigenvalue weighted by Gasteiger charge is 2.21. The first kappa shape index (κ1) is 14.4. The van der Waals surface area contributed by atoms with Gasteiger partial charge in [0.2, 0.25) is 0 Å². The topological polar surface area (TPSA) is 28.4 Å². The molecule has 1 aromatic carbocycles. The molecule has 0 spiro atoms. The fraction of sp³-hybridized carbons (Fsp3) is 0.444.